The van der Waals surface area contributed by atoms with E-state index in [0.29, 0.717) is 5.56 Å². The fraction of sp³-hybridized carbons (Fsp3) is 0.308. The molecule has 1 aromatic heterocycles. The number of rotatable bonds is 1. The quantitative estimate of drug-likeness (QED) is 0.814. The molecular formula is C13H14FN3. The van der Waals surface area contributed by atoms with Crippen LogP contribution < -0.4 is 5.32 Å². The Morgan fingerprint density at radius 1 is 1.41 bits per heavy atom. The molecule has 0 saturated heterocycles. The fourth-order valence-electron chi connectivity index (χ4n) is 2.23. The van der Waals surface area contributed by atoms with Crippen molar-refractivity contribution in [1.29, 1.82) is 0 Å². The van der Waals surface area contributed by atoms with Gasteiger partial charge in [0.15, 0.2) is 0 Å². The Hall–Kier alpha value is -1.68. The molecule has 1 aromatic carbocycles. The van der Waals surface area contributed by atoms with Crippen molar-refractivity contribution in [3.8, 4) is 11.3 Å². The van der Waals surface area contributed by atoms with Crippen LogP contribution in [0.5, 0.6) is 0 Å². The van der Waals surface area contributed by atoms with Crippen molar-refractivity contribution in [1.82, 2.24) is 14.9 Å². The van der Waals surface area contributed by atoms with Crippen LogP contribution >= 0.6 is 0 Å². The van der Waals surface area contributed by atoms with Gasteiger partial charge < -0.3 is 9.88 Å². The number of fused-ring (bicyclic) bond motifs is 1. The highest BCUT2D eigenvalue weighted by molar-refractivity contribution is 5.60. The van der Waals surface area contributed by atoms with E-state index in [9.17, 15) is 4.39 Å². The van der Waals surface area contributed by atoms with E-state index >= 15 is 0 Å². The standard InChI is InChI=1S/C13H14FN3/c1-9-6-10(2-3-11(9)14)12-7-16-13-8-15-4-5-17(12)13/h2-3,6-7,15H,4-5,8H2,1H3. The molecule has 0 radical (unpaired) electrons. The van der Waals surface area contributed by atoms with Crippen LogP contribution in [-0.2, 0) is 13.1 Å². The smallest absolute Gasteiger partial charge is 0.126 e. The maximum Gasteiger partial charge on any atom is 0.126 e. The van der Waals surface area contributed by atoms with Gasteiger partial charge in [-0.25, -0.2) is 9.37 Å². The molecular weight excluding hydrogens is 217 g/mol. The van der Waals surface area contributed by atoms with Gasteiger partial charge in [0.1, 0.15) is 11.6 Å². The normalized spacial score (nSPS) is 14.7. The Morgan fingerprint density at radius 3 is 3.12 bits per heavy atom. The second-order valence-corrected chi connectivity index (χ2v) is 4.35. The predicted octanol–water partition coefficient (Wildman–Crippen LogP) is 2.10. The molecule has 0 spiro atoms. The number of hydrogen-bond acceptors (Lipinski definition) is 2. The number of aryl methyl sites for hydroxylation is 1. The molecule has 2 heterocycles. The number of nitrogens with zero attached hydrogens (tertiary/aromatic N) is 2. The minimum Gasteiger partial charge on any atom is -0.326 e. The molecule has 1 aliphatic heterocycles. The number of aromatic nitrogens is 2. The van der Waals surface area contributed by atoms with Gasteiger partial charge in [0, 0.05) is 18.7 Å². The minimum absolute atomic E-state index is 0.159. The van der Waals surface area contributed by atoms with Crippen molar-refractivity contribution in [2.24, 2.45) is 0 Å². The highest BCUT2D eigenvalue weighted by atomic mass is 19.1. The van der Waals surface area contributed by atoms with Crippen molar-refractivity contribution < 1.29 is 4.39 Å². The summed E-state index contributed by atoms with van der Waals surface area (Å²) in [5, 5.41) is 3.28. The number of hydrogen-bond donors (Lipinski definition) is 1. The molecule has 0 atom stereocenters. The lowest BCUT2D eigenvalue weighted by molar-refractivity contribution is 0.508. The van der Waals surface area contributed by atoms with Crippen LogP contribution in [0, 0.1) is 12.7 Å². The molecule has 3 rings (SSSR count). The second-order valence-electron chi connectivity index (χ2n) is 4.35. The lowest BCUT2D eigenvalue weighted by Gasteiger charge is -2.17. The van der Waals surface area contributed by atoms with Crippen molar-refractivity contribution >= 4 is 0 Å². The molecule has 88 valence electrons. The van der Waals surface area contributed by atoms with Gasteiger partial charge in [0.2, 0.25) is 0 Å². The largest absolute Gasteiger partial charge is 0.326 e. The van der Waals surface area contributed by atoms with Crippen LogP contribution in [0.2, 0.25) is 0 Å². The van der Waals surface area contributed by atoms with Gasteiger partial charge in [-0.1, -0.05) is 0 Å². The summed E-state index contributed by atoms with van der Waals surface area (Å²) in [5.41, 5.74) is 2.78. The van der Waals surface area contributed by atoms with E-state index in [1.165, 1.54) is 6.07 Å². The van der Waals surface area contributed by atoms with E-state index in [2.05, 4.69) is 14.9 Å². The first-order chi connectivity index (χ1) is 8.25. The van der Waals surface area contributed by atoms with Gasteiger partial charge in [-0.2, -0.15) is 0 Å². The lowest BCUT2D eigenvalue weighted by atomic mass is 10.1. The molecule has 4 heteroatoms. The zero-order valence-electron chi connectivity index (χ0n) is 9.70. The van der Waals surface area contributed by atoms with E-state index in [1.54, 1.807) is 6.92 Å². The first-order valence-corrected chi connectivity index (χ1v) is 5.77. The maximum absolute atomic E-state index is 13.2. The molecule has 1 aliphatic rings. The summed E-state index contributed by atoms with van der Waals surface area (Å²) in [6.45, 7) is 4.46. The van der Waals surface area contributed by atoms with Gasteiger partial charge in [0.05, 0.1) is 18.4 Å². The molecule has 0 saturated carbocycles. The van der Waals surface area contributed by atoms with Crippen LogP contribution in [-0.4, -0.2) is 16.1 Å². The Labute approximate surface area is 99.3 Å². The first-order valence-electron chi connectivity index (χ1n) is 5.77. The van der Waals surface area contributed by atoms with Crippen LogP contribution in [0.25, 0.3) is 11.3 Å². The average molecular weight is 231 g/mol. The molecule has 0 bridgehead atoms. The van der Waals surface area contributed by atoms with Crippen LogP contribution in [0.3, 0.4) is 0 Å². The Kier molecular flexibility index (Phi) is 2.44. The van der Waals surface area contributed by atoms with E-state index in [-0.39, 0.29) is 5.82 Å². The van der Waals surface area contributed by atoms with Gasteiger partial charge in [-0.05, 0) is 30.7 Å². The van der Waals surface area contributed by atoms with Gasteiger partial charge in [-0.15, -0.1) is 0 Å². The first kappa shape index (κ1) is 10.5. The van der Waals surface area contributed by atoms with Crippen molar-refractivity contribution in [2.75, 3.05) is 6.54 Å². The molecule has 0 fully saturated rings. The van der Waals surface area contributed by atoms with E-state index < -0.39 is 0 Å². The summed E-state index contributed by atoms with van der Waals surface area (Å²) in [6, 6.07) is 5.21. The maximum atomic E-state index is 13.2. The summed E-state index contributed by atoms with van der Waals surface area (Å²) in [4.78, 5) is 4.39. The topological polar surface area (TPSA) is 29.9 Å². The van der Waals surface area contributed by atoms with Crippen LogP contribution in [0.15, 0.2) is 24.4 Å². The van der Waals surface area contributed by atoms with E-state index in [0.717, 1.165) is 36.7 Å². The Balaban J connectivity index is 2.09. The molecule has 17 heavy (non-hydrogen) atoms. The average Bonchev–Trinajstić information content (AvgIpc) is 2.76. The predicted molar refractivity (Wildman–Crippen MR) is 64.1 cm³/mol. The van der Waals surface area contributed by atoms with Crippen molar-refractivity contribution in [3.63, 3.8) is 0 Å². The third-order valence-corrected chi connectivity index (χ3v) is 3.19. The number of nitrogens with one attached hydrogen (secondary N) is 1. The summed E-state index contributed by atoms with van der Waals surface area (Å²) >= 11 is 0. The number of halogens is 1. The number of imidazole rings is 1. The van der Waals surface area contributed by atoms with Gasteiger partial charge in [0.25, 0.3) is 0 Å². The van der Waals surface area contributed by atoms with Gasteiger partial charge >= 0.3 is 0 Å². The molecule has 2 aromatic rings. The summed E-state index contributed by atoms with van der Waals surface area (Å²) < 4.78 is 15.4. The highest BCUT2D eigenvalue weighted by Gasteiger charge is 2.15. The van der Waals surface area contributed by atoms with Crippen LogP contribution in [0.1, 0.15) is 11.4 Å². The number of benzene rings is 1. The molecule has 0 unspecified atom stereocenters. The summed E-state index contributed by atoms with van der Waals surface area (Å²) in [6.07, 6.45) is 1.87. The van der Waals surface area contributed by atoms with Gasteiger partial charge in [-0.3, -0.25) is 0 Å². The zero-order chi connectivity index (χ0) is 11.8. The molecule has 0 amide bonds. The zero-order valence-corrected chi connectivity index (χ0v) is 9.70. The van der Waals surface area contributed by atoms with Crippen LogP contribution in [0.4, 0.5) is 4.39 Å². The third-order valence-electron chi connectivity index (χ3n) is 3.19. The van der Waals surface area contributed by atoms with E-state index in [4.69, 9.17) is 0 Å². The Bertz CT molecular complexity index is 560. The minimum atomic E-state index is -0.159. The summed E-state index contributed by atoms with van der Waals surface area (Å²) in [7, 11) is 0. The SMILES string of the molecule is Cc1cc(-c2cnc3n2CCNC3)ccc1F. The molecule has 0 aliphatic carbocycles. The van der Waals surface area contributed by atoms with Crippen molar-refractivity contribution in [2.45, 2.75) is 20.0 Å². The Morgan fingerprint density at radius 2 is 2.29 bits per heavy atom. The van der Waals surface area contributed by atoms with Crippen molar-refractivity contribution in [3.05, 3.63) is 41.6 Å². The fourth-order valence-corrected chi connectivity index (χ4v) is 2.23. The third kappa shape index (κ3) is 1.74. The monoisotopic (exact) mass is 231 g/mol. The lowest BCUT2D eigenvalue weighted by Crippen LogP contribution is -2.28. The molecule has 3 nitrogen and oxygen atoms in total. The molecule has 1 N–H and O–H groups in total. The second kappa shape index (κ2) is 3.96. The summed E-state index contributed by atoms with van der Waals surface area (Å²) in [5.74, 6) is 0.891. The highest BCUT2D eigenvalue weighted by Crippen LogP contribution is 2.24. The van der Waals surface area contributed by atoms with E-state index in [1.807, 2.05) is 18.3 Å².